The second kappa shape index (κ2) is 13.1. The van der Waals surface area contributed by atoms with Crippen molar-refractivity contribution >= 4 is 23.0 Å². The van der Waals surface area contributed by atoms with Crippen LogP contribution in [0.15, 0.2) is 91.5 Å². The molecule has 2 saturated heterocycles. The van der Waals surface area contributed by atoms with Crippen LogP contribution in [0.3, 0.4) is 0 Å². The van der Waals surface area contributed by atoms with E-state index in [0.717, 1.165) is 60.5 Å². The number of aromatic nitrogens is 3. The summed E-state index contributed by atoms with van der Waals surface area (Å²) >= 11 is 0. The van der Waals surface area contributed by atoms with Gasteiger partial charge in [-0.1, -0.05) is 6.07 Å². The van der Waals surface area contributed by atoms with Gasteiger partial charge in [0.15, 0.2) is 0 Å². The van der Waals surface area contributed by atoms with Crippen molar-refractivity contribution in [2.45, 2.75) is 25.5 Å². The maximum absolute atomic E-state index is 15.1. The Morgan fingerprint density at radius 1 is 0.882 bits per heavy atom. The molecule has 4 atom stereocenters. The molecule has 2 unspecified atom stereocenters. The smallest absolute Gasteiger partial charge is 0.255 e. The summed E-state index contributed by atoms with van der Waals surface area (Å²) in [4.78, 5) is 21.4. The molecular weight excluding hydrogens is 657 g/mol. The highest BCUT2D eigenvalue weighted by Crippen LogP contribution is 2.70. The number of hydrogen-bond acceptors (Lipinski definition) is 7. The molecule has 5 aromatic rings. The van der Waals surface area contributed by atoms with E-state index in [9.17, 15) is 13.6 Å². The first-order chi connectivity index (χ1) is 24.7. The van der Waals surface area contributed by atoms with Crippen molar-refractivity contribution in [2.75, 3.05) is 54.5 Å². The number of halogens is 3. The Morgan fingerprint density at radius 3 is 2.20 bits per heavy atom. The van der Waals surface area contributed by atoms with Gasteiger partial charge in [-0.05, 0) is 91.7 Å². The third kappa shape index (κ3) is 6.07. The number of carbonyl (C=O) groups excluding carboxylic acids is 1. The topological polar surface area (TPSA) is 84.8 Å². The summed E-state index contributed by atoms with van der Waals surface area (Å²) in [6.07, 6.45) is 3.05. The van der Waals surface area contributed by atoms with Crippen LogP contribution in [0.1, 0.15) is 33.1 Å². The number of anilines is 3. The molecule has 3 aliphatic rings. The van der Waals surface area contributed by atoms with Crippen molar-refractivity contribution in [1.29, 1.82) is 0 Å². The number of fused-ring (bicyclic) bond motifs is 1. The number of carbonyl (C=O) groups is 1. The van der Waals surface area contributed by atoms with E-state index >= 15 is 4.39 Å². The van der Waals surface area contributed by atoms with E-state index in [2.05, 4.69) is 51.2 Å². The zero-order valence-corrected chi connectivity index (χ0v) is 28.2. The molecule has 9 nitrogen and oxygen atoms in total. The fraction of sp³-hybridized carbons (Fsp3) is 0.308. The Bertz CT molecular complexity index is 2030. The third-order valence-electron chi connectivity index (χ3n) is 10.4. The Kier molecular flexibility index (Phi) is 8.41. The van der Waals surface area contributed by atoms with Gasteiger partial charge < -0.3 is 24.6 Å². The van der Waals surface area contributed by atoms with E-state index in [1.165, 1.54) is 42.7 Å². The molecule has 8 rings (SSSR count). The quantitative estimate of drug-likeness (QED) is 0.184. The molecule has 0 spiro atoms. The molecule has 0 bridgehead atoms. The number of piperazine rings is 1. The molecule has 51 heavy (non-hydrogen) atoms. The monoisotopic (exact) mass is 694 g/mol. The third-order valence-corrected chi connectivity index (χ3v) is 10.4. The first kappa shape index (κ1) is 32.8. The van der Waals surface area contributed by atoms with Crippen LogP contribution < -0.4 is 19.9 Å². The van der Waals surface area contributed by atoms with Crippen molar-refractivity contribution in [3.05, 3.63) is 131 Å². The van der Waals surface area contributed by atoms with Crippen LogP contribution >= 0.6 is 0 Å². The molecule has 0 radical (unpaired) electrons. The summed E-state index contributed by atoms with van der Waals surface area (Å²) in [6.45, 7) is 8.18. The van der Waals surface area contributed by atoms with E-state index in [4.69, 9.17) is 9.47 Å². The van der Waals surface area contributed by atoms with Crippen molar-refractivity contribution in [3.8, 4) is 5.75 Å². The zero-order chi connectivity index (χ0) is 35.3. The lowest BCUT2D eigenvalue weighted by Crippen LogP contribution is -2.46. The Hall–Kier alpha value is -5.36. The van der Waals surface area contributed by atoms with Crippen molar-refractivity contribution in [2.24, 2.45) is 11.8 Å². The summed E-state index contributed by atoms with van der Waals surface area (Å²) in [5.41, 5.74) is 4.69. The van der Waals surface area contributed by atoms with Gasteiger partial charge in [-0.25, -0.2) is 22.8 Å². The number of rotatable bonds is 9. The minimum atomic E-state index is -0.947. The maximum Gasteiger partial charge on any atom is 0.255 e. The largest absolute Gasteiger partial charge is 0.493 e. The fourth-order valence-corrected chi connectivity index (χ4v) is 7.92. The van der Waals surface area contributed by atoms with Crippen molar-refractivity contribution < 1.29 is 27.4 Å². The number of ether oxygens (including phenoxy) is 2. The van der Waals surface area contributed by atoms with Crippen LogP contribution in [0.4, 0.5) is 30.2 Å². The van der Waals surface area contributed by atoms with Gasteiger partial charge in [-0.3, -0.25) is 4.79 Å². The molecule has 262 valence electrons. The van der Waals surface area contributed by atoms with Crippen LogP contribution in [0.2, 0.25) is 0 Å². The van der Waals surface area contributed by atoms with Gasteiger partial charge in [0, 0.05) is 72.3 Å². The van der Waals surface area contributed by atoms with Crippen LogP contribution in [-0.4, -0.2) is 60.1 Å². The van der Waals surface area contributed by atoms with Gasteiger partial charge in [-0.2, -0.15) is 5.10 Å². The highest BCUT2D eigenvalue weighted by Gasteiger charge is 2.75. The lowest BCUT2D eigenvalue weighted by atomic mass is 10.0. The van der Waals surface area contributed by atoms with Gasteiger partial charge in [0.25, 0.3) is 5.91 Å². The van der Waals surface area contributed by atoms with Gasteiger partial charge in [0.05, 0.1) is 19.3 Å². The molecule has 3 heterocycles. The van der Waals surface area contributed by atoms with Gasteiger partial charge in [0.2, 0.25) is 0 Å². The molecule has 4 aromatic carbocycles. The molecule has 1 aliphatic carbocycles. The summed E-state index contributed by atoms with van der Waals surface area (Å²) in [6, 6.07) is 20.9. The van der Waals surface area contributed by atoms with E-state index in [0.29, 0.717) is 30.0 Å². The average molecular weight is 695 g/mol. The molecule has 1 N–H and O–H groups in total. The lowest BCUT2D eigenvalue weighted by molar-refractivity contribution is 0.0301. The predicted molar refractivity (Wildman–Crippen MR) is 187 cm³/mol. The van der Waals surface area contributed by atoms with E-state index in [1.807, 2.05) is 24.3 Å². The summed E-state index contributed by atoms with van der Waals surface area (Å²) < 4.78 is 56.5. The average Bonchev–Trinajstić information content (AvgIpc) is 3.40. The Labute approximate surface area is 293 Å². The van der Waals surface area contributed by atoms with Crippen LogP contribution in [0.5, 0.6) is 5.75 Å². The number of nitrogens with zero attached hydrogens (tertiary/aromatic N) is 5. The SMILES string of the molecule is Cc1cc(N2CCN(c3ccc(C(=O)Nc4ccc(F)cc4)cc3)CC2)cc(C)c1OC[C@@H]1CO[C@@]2(c3ccc(F)cc3F)C1C2n1cncn1. The normalized spacial score (nSPS) is 22.5. The van der Waals surface area contributed by atoms with Crippen LogP contribution in [0.25, 0.3) is 0 Å². The molecule has 12 heteroatoms. The molecule has 1 saturated carbocycles. The number of nitrogens with one attached hydrogen (secondary N) is 1. The summed E-state index contributed by atoms with van der Waals surface area (Å²) in [5, 5.41) is 7.11. The number of aryl methyl sites for hydroxylation is 2. The van der Waals surface area contributed by atoms with Gasteiger partial charge in [0.1, 0.15) is 41.5 Å². The van der Waals surface area contributed by atoms with Crippen LogP contribution in [0, 0.1) is 43.1 Å². The Morgan fingerprint density at radius 2 is 1.55 bits per heavy atom. The van der Waals surface area contributed by atoms with Crippen molar-refractivity contribution in [3.63, 3.8) is 0 Å². The molecular formula is C39H37F3N6O3. The number of hydrogen-bond donors (Lipinski definition) is 1. The van der Waals surface area contributed by atoms with E-state index < -0.39 is 17.2 Å². The molecule has 3 fully saturated rings. The maximum atomic E-state index is 15.1. The minimum Gasteiger partial charge on any atom is -0.493 e. The fourth-order valence-electron chi connectivity index (χ4n) is 7.92. The van der Waals surface area contributed by atoms with E-state index in [1.54, 1.807) is 11.0 Å². The highest BCUT2D eigenvalue weighted by atomic mass is 19.1. The molecule has 1 amide bonds. The highest BCUT2D eigenvalue weighted by molar-refractivity contribution is 6.04. The van der Waals surface area contributed by atoms with Gasteiger partial charge in [-0.15, -0.1) is 0 Å². The van der Waals surface area contributed by atoms with E-state index in [-0.39, 0.29) is 29.6 Å². The van der Waals surface area contributed by atoms with Crippen LogP contribution in [-0.2, 0) is 10.3 Å². The predicted octanol–water partition coefficient (Wildman–Crippen LogP) is 6.68. The first-order valence-corrected chi connectivity index (χ1v) is 17.1. The molecule has 2 aliphatic heterocycles. The second-order valence-corrected chi connectivity index (χ2v) is 13.5. The number of benzene rings is 4. The second-order valence-electron chi connectivity index (χ2n) is 13.5. The number of amides is 1. The minimum absolute atomic E-state index is 0.0338. The zero-order valence-electron chi connectivity index (χ0n) is 28.2. The standard InChI is InChI=1S/C39H37F3N6O3/c1-24-17-32(47-15-13-46(14-16-47)31-10-3-26(4-11-31)38(49)45-30-8-5-28(40)6-9-30)18-25(2)36(24)50-20-27-21-51-39(33-12-7-29(41)19-34(33)42)35(27)37(39)48-23-43-22-44-48/h3-12,17-19,22-23,27,35,37H,13-16,20-21H2,1-2H3,(H,45,49)/t27-,35?,37?,39+/m1/s1. The summed E-state index contributed by atoms with van der Waals surface area (Å²) in [5.74, 6) is -1.18. The Balaban J connectivity index is 0.890. The van der Waals surface area contributed by atoms with Crippen molar-refractivity contribution in [1.82, 2.24) is 14.8 Å². The first-order valence-electron chi connectivity index (χ1n) is 17.1. The molecule has 1 aromatic heterocycles. The summed E-state index contributed by atoms with van der Waals surface area (Å²) in [7, 11) is 0. The lowest BCUT2D eigenvalue weighted by Gasteiger charge is -2.37. The van der Waals surface area contributed by atoms with Gasteiger partial charge >= 0.3 is 0 Å².